The summed E-state index contributed by atoms with van der Waals surface area (Å²) in [6.45, 7) is 0.593. The zero-order chi connectivity index (χ0) is 20.6. The molecule has 3 aromatic rings. The lowest BCUT2D eigenvalue weighted by Crippen LogP contribution is -2.36. The highest BCUT2D eigenvalue weighted by atomic mass is 19.1. The van der Waals surface area contributed by atoms with Crippen LogP contribution in [0.3, 0.4) is 0 Å². The fourth-order valence-electron chi connectivity index (χ4n) is 2.76. The van der Waals surface area contributed by atoms with Gasteiger partial charge in [0.1, 0.15) is 11.3 Å². The maximum atomic E-state index is 13.1. The number of hydrogen-bond donors (Lipinski definition) is 2. The minimum atomic E-state index is -0.391. The number of amides is 2. The van der Waals surface area contributed by atoms with Gasteiger partial charge in [-0.3, -0.25) is 14.4 Å². The summed E-state index contributed by atoms with van der Waals surface area (Å²) >= 11 is 0. The highest BCUT2D eigenvalue weighted by molar-refractivity contribution is 5.79. The van der Waals surface area contributed by atoms with E-state index in [-0.39, 0.29) is 49.8 Å². The summed E-state index contributed by atoms with van der Waals surface area (Å²) in [6.07, 6.45) is 0.124. The Balaban J connectivity index is 1.39. The summed E-state index contributed by atoms with van der Waals surface area (Å²) in [5.74, 6) is -0.924. The monoisotopic (exact) mass is 397 g/mol. The van der Waals surface area contributed by atoms with E-state index in [0.717, 1.165) is 4.68 Å². The van der Waals surface area contributed by atoms with Crippen LogP contribution in [0.15, 0.2) is 53.3 Å². The summed E-state index contributed by atoms with van der Waals surface area (Å²) in [7, 11) is 0. The Bertz CT molecular complexity index is 1080. The number of nitrogens with zero attached hydrogens (tertiary/aromatic N) is 3. The first kappa shape index (κ1) is 20.1. The van der Waals surface area contributed by atoms with E-state index in [0.29, 0.717) is 16.5 Å². The Kier molecular flexibility index (Phi) is 6.62. The van der Waals surface area contributed by atoms with E-state index in [1.807, 2.05) is 0 Å². The van der Waals surface area contributed by atoms with E-state index in [2.05, 4.69) is 20.9 Å². The predicted molar refractivity (Wildman–Crippen MR) is 105 cm³/mol. The number of aryl methyl sites for hydroxylation is 1. The standard InChI is InChI=1S/C20H20FN5O3/c21-15-5-3-4-14(12-15)13-19(28)23-10-9-22-18(27)8-11-26-20(29)16-6-1-2-7-17(16)24-25-26/h1-7,12H,8-11,13H2,(H,22,27)(H,23,28). The van der Waals surface area contributed by atoms with Crippen molar-refractivity contribution in [3.05, 3.63) is 70.3 Å². The molecule has 2 aromatic carbocycles. The molecule has 0 aliphatic rings. The molecule has 2 N–H and O–H groups in total. The summed E-state index contributed by atoms with van der Waals surface area (Å²) in [4.78, 5) is 36.1. The molecule has 3 rings (SSSR count). The molecule has 0 aliphatic carbocycles. The van der Waals surface area contributed by atoms with Gasteiger partial charge in [0.2, 0.25) is 11.8 Å². The van der Waals surface area contributed by atoms with Crippen molar-refractivity contribution in [1.29, 1.82) is 0 Å². The molecule has 0 saturated heterocycles. The topological polar surface area (TPSA) is 106 Å². The summed E-state index contributed by atoms with van der Waals surface area (Å²) in [5.41, 5.74) is 0.786. The largest absolute Gasteiger partial charge is 0.354 e. The van der Waals surface area contributed by atoms with Crippen LogP contribution in [0.2, 0.25) is 0 Å². The summed E-state index contributed by atoms with van der Waals surface area (Å²) in [5, 5.41) is 13.6. The lowest BCUT2D eigenvalue weighted by Gasteiger charge is -2.08. The van der Waals surface area contributed by atoms with Crippen molar-refractivity contribution >= 4 is 22.7 Å². The molecule has 29 heavy (non-hydrogen) atoms. The van der Waals surface area contributed by atoms with Gasteiger partial charge in [-0.1, -0.05) is 29.5 Å². The third-order valence-electron chi connectivity index (χ3n) is 4.20. The van der Waals surface area contributed by atoms with Gasteiger partial charge in [-0.05, 0) is 29.8 Å². The Morgan fingerprint density at radius 3 is 2.55 bits per heavy atom. The number of rotatable bonds is 8. The van der Waals surface area contributed by atoms with Crippen molar-refractivity contribution in [1.82, 2.24) is 25.6 Å². The van der Waals surface area contributed by atoms with Gasteiger partial charge >= 0.3 is 0 Å². The van der Waals surface area contributed by atoms with Gasteiger partial charge < -0.3 is 10.6 Å². The average Bonchev–Trinajstić information content (AvgIpc) is 2.71. The smallest absolute Gasteiger partial charge is 0.277 e. The van der Waals surface area contributed by atoms with Crippen molar-refractivity contribution in [2.45, 2.75) is 19.4 Å². The molecule has 0 radical (unpaired) electrons. The van der Waals surface area contributed by atoms with Crippen LogP contribution in [-0.4, -0.2) is 39.9 Å². The Morgan fingerprint density at radius 2 is 1.76 bits per heavy atom. The quantitative estimate of drug-likeness (QED) is 0.547. The van der Waals surface area contributed by atoms with E-state index < -0.39 is 5.82 Å². The second-order valence-electron chi connectivity index (χ2n) is 6.39. The number of carbonyl (C=O) groups is 2. The predicted octanol–water partition coefficient (Wildman–Crippen LogP) is 0.796. The van der Waals surface area contributed by atoms with Gasteiger partial charge in [-0.2, -0.15) is 0 Å². The normalized spacial score (nSPS) is 10.7. The highest BCUT2D eigenvalue weighted by Gasteiger charge is 2.08. The summed E-state index contributed by atoms with van der Waals surface area (Å²) < 4.78 is 14.3. The molecule has 1 aromatic heterocycles. The number of halogens is 1. The van der Waals surface area contributed by atoms with E-state index in [1.165, 1.54) is 12.1 Å². The van der Waals surface area contributed by atoms with Crippen molar-refractivity contribution in [2.24, 2.45) is 0 Å². The van der Waals surface area contributed by atoms with Crippen LogP contribution in [-0.2, 0) is 22.6 Å². The Morgan fingerprint density at radius 1 is 1.00 bits per heavy atom. The molecule has 0 unspecified atom stereocenters. The van der Waals surface area contributed by atoms with Crippen LogP contribution in [0, 0.1) is 5.82 Å². The van der Waals surface area contributed by atoms with Crippen molar-refractivity contribution in [3.8, 4) is 0 Å². The zero-order valence-corrected chi connectivity index (χ0v) is 15.6. The number of hydrogen-bond acceptors (Lipinski definition) is 5. The molecule has 0 bridgehead atoms. The first-order valence-electron chi connectivity index (χ1n) is 9.13. The number of carbonyl (C=O) groups excluding carboxylic acids is 2. The SMILES string of the molecule is O=C(CCn1nnc2ccccc2c1=O)NCCNC(=O)Cc1cccc(F)c1. The minimum Gasteiger partial charge on any atom is -0.354 e. The molecule has 150 valence electrons. The van der Waals surface area contributed by atoms with E-state index >= 15 is 0 Å². The molecule has 8 nitrogen and oxygen atoms in total. The van der Waals surface area contributed by atoms with Crippen LogP contribution in [0.1, 0.15) is 12.0 Å². The minimum absolute atomic E-state index is 0.0597. The summed E-state index contributed by atoms with van der Waals surface area (Å²) in [6, 6.07) is 12.7. The lowest BCUT2D eigenvalue weighted by atomic mass is 10.1. The van der Waals surface area contributed by atoms with E-state index in [1.54, 1.807) is 36.4 Å². The van der Waals surface area contributed by atoms with E-state index in [4.69, 9.17) is 0 Å². The van der Waals surface area contributed by atoms with Gasteiger partial charge in [0.25, 0.3) is 5.56 Å². The van der Waals surface area contributed by atoms with Crippen molar-refractivity contribution in [3.63, 3.8) is 0 Å². The molecule has 0 aliphatic heterocycles. The fraction of sp³-hybridized carbons (Fsp3) is 0.250. The third-order valence-corrected chi connectivity index (χ3v) is 4.20. The third kappa shape index (κ3) is 5.68. The fourth-order valence-corrected chi connectivity index (χ4v) is 2.76. The van der Waals surface area contributed by atoms with Crippen LogP contribution in [0.4, 0.5) is 4.39 Å². The van der Waals surface area contributed by atoms with E-state index in [9.17, 15) is 18.8 Å². The number of benzene rings is 2. The molecular formula is C20H20FN5O3. The number of aromatic nitrogens is 3. The lowest BCUT2D eigenvalue weighted by molar-refractivity contribution is -0.122. The number of nitrogens with one attached hydrogen (secondary N) is 2. The molecule has 0 atom stereocenters. The van der Waals surface area contributed by atoms with Crippen LogP contribution >= 0.6 is 0 Å². The zero-order valence-electron chi connectivity index (χ0n) is 15.6. The molecular weight excluding hydrogens is 377 g/mol. The molecule has 2 amide bonds. The van der Waals surface area contributed by atoms with Gasteiger partial charge in [0, 0.05) is 19.5 Å². The Hall–Kier alpha value is -3.62. The molecule has 0 spiro atoms. The van der Waals surface area contributed by atoms with Crippen molar-refractivity contribution < 1.29 is 14.0 Å². The maximum absolute atomic E-state index is 13.1. The second-order valence-corrected chi connectivity index (χ2v) is 6.39. The average molecular weight is 397 g/mol. The van der Waals surface area contributed by atoms with Gasteiger partial charge in [0.05, 0.1) is 18.4 Å². The first-order chi connectivity index (χ1) is 14.0. The van der Waals surface area contributed by atoms with Gasteiger partial charge in [-0.25, -0.2) is 9.07 Å². The molecule has 0 fully saturated rings. The van der Waals surface area contributed by atoms with Crippen LogP contribution in [0.5, 0.6) is 0 Å². The highest BCUT2D eigenvalue weighted by Crippen LogP contribution is 2.04. The van der Waals surface area contributed by atoms with Crippen molar-refractivity contribution in [2.75, 3.05) is 13.1 Å². The second kappa shape index (κ2) is 9.54. The molecule has 1 heterocycles. The Labute approximate surface area is 165 Å². The van der Waals surface area contributed by atoms with Crippen LogP contribution < -0.4 is 16.2 Å². The van der Waals surface area contributed by atoms with Crippen LogP contribution in [0.25, 0.3) is 10.9 Å². The first-order valence-corrected chi connectivity index (χ1v) is 9.13. The van der Waals surface area contributed by atoms with Gasteiger partial charge in [-0.15, -0.1) is 5.10 Å². The maximum Gasteiger partial charge on any atom is 0.277 e. The number of fused-ring (bicyclic) bond motifs is 1. The molecule has 9 heteroatoms. The van der Waals surface area contributed by atoms with Gasteiger partial charge in [0.15, 0.2) is 0 Å². The molecule has 0 saturated carbocycles.